The van der Waals surface area contributed by atoms with E-state index in [0.29, 0.717) is 50.6 Å². The highest BCUT2D eigenvalue weighted by molar-refractivity contribution is 6.17. The largest absolute Gasteiger partial charge is 0.461 e. The predicted molar refractivity (Wildman–Crippen MR) is 178 cm³/mol. The number of aliphatic hydroxyl groups is 2. The number of alkyl halides is 1. The van der Waals surface area contributed by atoms with Crippen LogP contribution in [0.2, 0.25) is 0 Å². The average molecular weight is 683 g/mol. The van der Waals surface area contributed by atoms with Crippen molar-refractivity contribution in [2.45, 2.75) is 63.5 Å². The van der Waals surface area contributed by atoms with E-state index in [1.54, 1.807) is 36.4 Å². The molecule has 48 heavy (non-hydrogen) atoms. The van der Waals surface area contributed by atoms with Crippen LogP contribution < -0.4 is 0 Å². The molecule has 1 saturated heterocycles. The van der Waals surface area contributed by atoms with Gasteiger partial charge in [-0.15, -0.1) is 11.6 Å². The van der Waals surface area contributed by atoms with Gasteiger partial charge in [-0.3, -0.25) is 24.2 Å². The Morgan fingerprint density at radius 1 is 1.02 bits per heavy atom. The lowest BCUT2D eigenvalue weighted by molar-refractivity contribution is -0.181. The van der Waals surface area contributed by atoms with Crippen molar-refractivity contribution in [2.24, 2.45) is 28.6 Å². The maximum atomic E-state index is 13.6. The van der Waals surface area contributed by atoms with Crippen LogP contribution in [-0.4, -0.2) is 108 Å². The second-order valence-corrected chi connectivity index (χ2v) is 15.0. The number of rotatable bonds is 10. The van der Waals surface area contributed by atoms with Crippen molar-refractivity contribution in [1.82, 2.24) is 9.80 Å². The Kier molecular flexibility index (Phi) is 10.0. The van der Waals surface area contributed by atoms with Gasteiger partial charge in [-0.2, -0.15) is 0 Å². The van der Waals surface area contributed by atoms with Crippen LogP contribution in [0.5, 0.6) is 0 Å². The molecule has 0 aromatic heterocycles. The molecule has 260 valence electrons. The molecule has 1 aromatic carbocycles. The number of hydrogen-bond donors (Lipinski definition) is 2. The SMILES string of the molecule is C[C@]12C=CC(=O)C=C1CC[C@@H]1[C@@H]2C(O)C[C@@]2(C)[C@H]1CC[C@]2(O)C(=O)COC(=O)CN1CCN(CCOC(=O)c2ccc(CCl)cc2)CC1. The van der Waals surface area contributed by atoms with Crippen LogP contribution in [-0.2, 0) is 29.7 Å². The first-order valence-electron chi connectivity index (χ1n) is 17.2. The van der Waals surface area contributed by atoms with Crippen LogP contribution in [0.25, 0.3) is 0 Å². The van der Waals surface area contributed by atoms with E-state index >= 15 is 0 Å². The number of fused-ring (bicyclic) bond motifs is 5. The van der Waals surface area contributed by atoms with Gasteiger partial charge >= 0.3 is 11.9 Å². The molecule has 0 spiro atoms. The molecule has 3 saturated carbocycles. The van der Waals surface area contributed by atoms with Gasteiger partial charge in [-0.05, 0) is 73.8 Å². The van der Waals surface area contributed by atoms with Gasteiger partial charge in [0.1, 0.15) is 12.2 Å². The first kappa shape index (κ1) is 35.0. The van der Waals surface area contributed by atoms with E-state index < -0.39 is 40.9 Å². The van der Waals surface area contributed by atoms with Crippen molar-refractivity contribution < 1.29 is 38.9 Å². The summed E-state index contributed by atoms with van der Waals surface area (Å²) >= 11 is 5.80. The smallest absolute Gasteiger partial charge is 0.338 e. The number of ether oxygens (including phenoxy) is 2. The Labute approximate surface area is 287 Å². The summed E-state index contributed by atoms with van der Waals surface area (Å²) in [5.74, 6) is -0.998. The van der Waals surface area contributed by atoms with Crippen LogP contribution in [0, 0.1) is 28.6 Å². The Morgan fingerprint density at radius 2 is 1.73 bits per heavy atom. The summed E-state index contributed by atoms with van der Waals surface area (Å²) in [6, 6.07) is 7.01. The molecular formula is C37H47ClN2O8. The van der Waals surface area contributed by atoms with Crippen molar-refractivity contribution in [3.05, 3.63) is 59.2 Å². The second kappa shape index (κ2) is 13.8. The van der Waals surface area contributed by atoms with E-state index in [-0.39, 0.29) is 55.5 Å². The highest BCUT2D eigenvalue weighted by atomic mass is 35.5. The molecule has 10 nitrogen and oxygen atoms in total. The van der Waals surface area contributed by atoms with E-state index in [9.17, 15) is 29.4 Å². The molecule has 7 atom stereocenters. The van der Waals surface area contributed by atoms with E-state index in [4.69, 9.17) is 21.1 Å². The number of aliphatic hydroxyl groups excluding tert-OH is 1. The van der Waals surface area contributed by atoms with Crippen molar-refractivity contribution >= 4 is 35.1 Å². The number of carbonyl (C=O) groups excluding carboxylic acids is 4. The minimum atomic E-state index is -1.69. The Bertz CT molecular complexity index is 1490. The quantitative estimate of drug-likeness (QED) is 0.280. The number of allylic oxidation sites excluding steroid dienone is 4. The number of benzene rings is 1. The molecule has 4 aliphatic carbocycles. The maximum absolute atomic E-state index is 13.6. The average Bonchev–Trinajstić information content (AvgIpc) is 3.34. The van der Waals surface area contributed by atoms with Crippen LogP contribution in [0.1, 0.15) is 61.9 Å². The number of halogens is 1. The molecule has 1 unspecified atom stereocenters. The number of Topliss-reactive ketones (excluding diaryl/α,β-unsaturated/α-hetero) is 1. The molecule has 1 aliphatic heterocycles. The van der Waals surface area contributed by atoms with Crippen LogP contribution in [0.4, 0.5) is 0 Å². The third-order valence-electron chi connectivity index (χ3n) is 12.3. The highest BCUT2D eigenvalue weighted by Crippen LogP contribution is 2.67. The van der Waals surface area contributed by atoms with Gasteiger partial charge in [-0.1, -0.05) is 37.6 Å². The summed E-state index contributed by atoms with van der Waals surface area (Å²) in [5.41, 5.74) is -0.486. The Hall–Kier alpha value is -2.89. The lowest BCUT2D eigenvalue weighted by Crippen LogP contribution is -2.61. The van der Waals surface area contributed by atoms with Gasteiger partial charge in [0.25, 0.3) is 0 Å². The lowest BCUT2D eigenvalue weighted by Gasteiger charge is -2.59. The zero-order valence-electron chi connectivity index (χ0n) is 27.9. The highest BCUT2D eigenvalue weighted by Gasteiger charge is 2.68. The van der Waals surface area contributed by atoms with Gasteiger partial charge in [-0.25, -0.2) is 4.79 Å². The van der Waals surface area contributed by atoms with Crippen molar-refractivity contribution in [3.8, 4) is 0 Å². The minimum absolute atomic E-state index is 0.0184. The summed E-state index contributed by atoms with van der Waals surface area (Å²) in [5, 5.41) is 23.5. The molecule has 4 fully saturated rings. The van der Waals surface area contributed by atoms with Crippen molar-refractivity contribution in [1.29, 1.82) is 0 Å². The first-order chi connectivity index (χ1) is 22.9. The molecule has 1 aromatic rings. The van der Waals surface area contributed by atoms with E-state index in [0.717, 1.165) is 24.0 Å². The molecule has 1 heterocycles. The zero-order valence-corrected chi connectivity index (χ0v) is 28.6. The first-order valence-corrected chi connectivity index (χ1v) is 17.7. The number of ketones is 2. The van der Waals surface area contributed by atoms with Crippen LogP contribution in [0.3, 0.4) is 0 Å². The third-order valence-corrected chi connectivity index (χ3v) is 12.6. The molecular weight excluding hydrogens is 636 g/mol. The van der Waals surface area contributed by atoms with Crippen LogP contribution in [0.15, 0.2) is 48.1 Å². The molecule has 5 aliphatic rings. The molecule has 2 N–H and O–H groups in total. The fourth-order valence-electron chi connectivity index (χ4n) is 9.53. The summed E-state index contributed by atoms with van der Waals surface area (Å²) in [4.78, 5) is 54.9. The summed E-state index contributed by atoms with van der Waals surface area (Å²) in [7, 11) is 0. The normalized spacial score (nSPS) is 34.9. The summed E-state index contributed by atoms with van der Waals surface area (Å²) in [6.07, 6.45) is 7.25. The number of hydrogen-bond acceptors (Lipinski definition) is 10. The number of esters is 2. The summed E-state index contributed by atoms with van der Waals surface area (Å²) < 4.78 is 10.9. The Balaban J connectivity index is 0.955. The monoisotopic (exact) mass is 682 g/mol. The summed E-state index contributed by atoms with van der Waals surface area (Å²) in [6.45, 7) is 7.03. The van der Waals surface area contributed by atoms with Crippen LogP contribution >= 0.6 is 11.6 Å². The fourth-order valence-corrected chi connectivity index (χ4v) is 9.71. The molecule has 0 radical (unpaired) electrons. The van der Waals surface area contributed by atoms with Crippen molar-refractivity contribution in [3.63, 3.8) is 0 Å². The van der Waals surface area contributed by atoms with E-state index in [1.807, 2.05) is 17.9 Å². The number of piperazine rings is 1. The van der Waals surface area contributed by atoms with E-state index in [2.05, 4.69) is 11.8 Å². The van der Waals surface area contributed by atoms with Gasteiger partial charge < -0.3 is 19.7 Å². The standard InChI is InChI=1S/C37H47ClN2O8/c1-35-11-9-27(41)19-26(35)7-8-28-29-10-12-37(46,36(29,2)20-30(42)33(28)35)31(43)23-48-32(44)22-40-15-13-39(14-16-40)17-18-47-34(45)25-5-3-24(21-38)4-6-25/h3-6,9,11,19,28-30,33,42,46H,7-8,10,12-18,20-23H2,1-2H3/t28-,29-,30?,33+,35-,36-,37-/m0/s1. The van der Waals surface area contributed by atoms with Gasteiger partial charge in [0.05, 0.1) is 18.2 Å². The van der Waals surface area contributed by atoms with Gasteiger partial charge in [0, 0.05) is 55.4 Å². The lowest BCUT2D eigenvalue weighted by atomic mass is 9.46. The Morgan fingerprint density at radius 3 is 2.44 bits per heavy atom. The predicted octanol–water partition coefficient (Wildman–Crippen LogP) is 3.32. The topological polar surface area (TPSA) is 134 Å². The number of nitrogens with zero attached hydrogens (tertiary/aromatic N) is 2. The van der Waals surface area contributed by atoms with E-state index in [1.165, 1.54) is 0 Å². The van der Waals surface area contributed by atoms with Crippen molar-refractivity contribution in [2.75, 3.05) is 52.5 Å². The zero-order chi connectivity index (χ0) is 34.3. The third kappa shape index (κ3) is 6.42. The van der Waals surface area contributed by atoms with Gasteiger partial charge in [0.15, 0.2) is 12.4 Å². The minimum Gasteiger partial charge on any atom is -0.461 e. The maximum Gasteiger partial charge on any atom is 0.338 e. The molecule has 11 heteroatoms. The fraction of sp³-hybridized carbons (Fsp3) is 0.622. The number of carbonyl (C=O) groups is 4. The molecule has 6 rings (SSSR count). The molecule has 0 bridgehead atoms. The molecule has 0 amide bonds. The van der Waals surface area contributed by atoms with Gasteiger partial charge in [0.2, 0.25) is 5.78 Å². The second-order valence-electron chi connectivity index (χ2n) is 14.8.